The van der Waals surface area contributed by atoms with Crippen molar-refractivity contribution in [2.75, 3.05) is 0 Å². The second kappa shape index (κ2) is 6.20. The van der Waals surface area contributed by atoms with E-state index in [-0.39, 0.29) is 5.92 Å². The number of rotatable bonds is 4. The van der Waals surface area contributed by atoms with Crippen LogP contribution in [0.3, 0.4) is 0 Å². The summed E-state index contributed by atoms with van der Waals surface area (Å²) in [5, 5.41) is 15.8. The molecule has 1 aromatic heterocycles. The Morgan fingerprint density at radius 1 is 1.43 bits per heavy atom. The molecule has 0 saturated heterocycles. The van der Waals surface area contributed by atoms with Crippen molar-refractivity contribution in [3.05, 3.63) is 52.3 Å². The standard InChI is InChI=1S/C17H21ClN2O/c1-2-10-20-16(15(18)11-19-20)17(21)14-9-5-7-12-6-3-4-8-13(12)14/h3-4,6,8,11,14,17,21H,2,5,7,9-10H2,1H3. The molecule has 1 aliphatic carbocycles. The molecule has 1 aliphatic rings. The van der Waals surface area contributed by atoms with E-state index < -0.39 is 6.10 Å². The molecule has 1 heterocycles. The molecule has 1 aromatic carbocycles. The van der Waals surface area contributed by atoms with Crippen LogP contribution in [0.2, 0.25) is 5.02 Å². The minimum absolute atomic E-state index is 0.111. The predicted octanol–water partition coefficient (Wildman–Crippen LogP) is 4.10. The van der Waals surface area contributed by atoms with Crippen molar-refractivity contribution in [1.82, 2.24) is 9.78 Å². The zero-order valence-electron chi connectivity index (χ0n) is 12.3. The predicted molar refractivity (Wildman–Crippen MR) is 84.6 cm³/mol. The molecule has 0 fully saturated rings. The molecule has 21 heavy (non-hydrogen) atoms. The number of aliphatic hydroxyl groups excluding tert-OH is 1. The highest BCUT2D eigenvalue weighted by molar-refractivity contribution is 6.31. The van der Waals surface area contributed by atoms with Crippen LogP contribution >= 0.6 is 11.6 Å². The van der Waals surface area contributed by atoms with Crippen LogP contribution < -0.4 is 0 Å². The van der Waals surface area contributed by atoms with E-state index in [4.69, 9.17) is 11.6 Å². The van der Waals surface area contributed by atoms with Crippen molar-refractivity contribution >= 4 is 11.6 Å². The van der Waals surface area contributed by atoms with Crippen LogP contribution in [0.25, 0.3) is 0 Å². The molecule has 2 unspecified atom stereocenters. The van der Waals surface area contributed by atoms with Crippen molar-refractivity contribution in [2.24, 2.45) is 0 Å². The van der Waals surface area contributed by atoms with Crippen molar-refractivity contribution in [2.45, 2.75) is 51.2 Å². The van der Waals surface area contributed by atoms with Crippen LogP contribution in [0.5, 0.6) is 0 Å². The normalized spacial score (nSPS) is 19.3. The van der Waals surface area contributed by atoms with Crippen molar-refractivity contribution in [1.29, 1.82) is 0 Å². The maximum absolute atomic E-state index is 10.9. The lowest BCUT2D eigenvalue weighted by Gasteiger charge is -2.30. The third kappa shape index (κ3) is 2.72. The van der Waals surface area contributed by atoms with Gasteiger partial charge in [-0.3, -0.25) is 4.68 Å². The lowest BCUT2D eigenvalue weighted by molar-refractivity contribution is 0.126. The Bertz CT molecular complexity index is 623. The lowest BCUT2D eigenvalue weighted by atomic mass is 9.79. The van der Waals surface area contributed by atoms with E-state index in [0.29, 0.717) is 5.02 Å². The number of halogens is 1. The average molecular weight is 305 g/mol. The van der Waals surface area contributed by atoms with Crippen LogP contribution in [0, 0.1) is 0 Å². The number of fused-ring (bicyclic) bond motifs is 1. The SMILES string of the molecule is CCCn1ncc(Cl)c1C(O)C1CCCc2ccccc21. The molecule has 0 saturated carbocycles. The maximum Gasteiger partial charge on any atom is 0.104 e. The van der Waals surface area contributed by atoms with E-state index in [1.165, 1.54) is 11.1 Å². The fourth-order valence-electron chi connectivity index (χ4n) is 3.37. The fraction of sp³-hybridized carbons (Fsp3) is 0.471. The Labute approximate surface area is 130 Å². The molecular formula is C17H21ClN2O. The number of aromatic nitrogens is 2. The molecule has 0 spiro atoms. The van der Waals surface area contributed by atoms with E-state index in [1.807, 2.05) is 4.68 Å². The van der Waals surface area contributed by atoms with Gasteiger partial charge < -0.3 is 5.11 Å². The molecule has 3 nitrogen and oxygen atoms in total. The topological polar surface area (TPSA) is 38.0 Å². The van der Waals surface area contributed by atoms with Crippen LogP contribution in [0.1, 0.15) is 55.0 Å². The Kier molecular flexibility index (Phi) is 4.32. The van der Waals surface area contributed by atoms with Gasteiger partial charge in [0.05, 0.1) is 16.9 Å². The van der Waals surface area contributed by atoms with E-state index in [1.54, 1.807) is 6.20 Å². The number of nitrogens with zero attached hydrogens (tertiary/aromatic N) is 2. The molecule has 3 rings (SSSR count). The Balaban J connectivity index is 1.96. The summed E-state index contributed by atoms with van der Waals surface area (Å²) in [5.41, 5.74) is 3.38. The summed E-state index contributed by atoms with van der Waals surface area (Å²) in [6.07, 6.45) is 5.22. The molecular weight excluding hydrogens is 284 g/mol. The number of hydrogen-bond donors (Lipinski definition) is 1. The molecule has 1 N–H and O–H groups in total. The second-order valence-electron chi connectivity index (χ2n) is 5.74. The first-order valence-corrected chi connectivity index (χ1v) is 8.07. The summed E-state index contributed by atoms with van der Waals surface area (Å²) in [6, 6.07) is 8.42. The third-order valence-corrected chi connectivity index (χ3v) is 4.64. The summed E-state index contributed by atoms with van der Waals surface area (Å²) >= 11 is 6.28. The zero-order chi connectivity index (χ0) is 14.8. The highest BCUT2D eigenvalue weighted by Crippen LogP contribution is 2.41. The largest absolute Gasteiger partial charge is 0.386 e. The minimum atomic E-state index is -0.590. The summed E-state index contributed by atoms with van der Waals surface area (Å²) in [5.74, 6) is 0.111. The van der Waals surface area contributed by atoms with Crippen molar-refractivity contribution < 1.29 is 5.11 Å². The Hall–Kier alpha value is -1.32. The average Bonchev–Trinajstić information content (AvgIpc) is 2.87. The molecule has 4 heteroatoms. The smallest absolute Gasteiger partial charge is 0.104 e. The summed E-state index contributed by atoms with van der Waals surface area (Å²) in [7, 11) is 0. The molecule has 0 aliphatic heterocycles. The number of hydrogen-bond acceptors (Lipinski definition) is 2. The van der Waals surface area contributed by atoms with Crippen LogP contribution in [0.4, 0.5) is 0 Å². The first-order valence-electron chi connectivity index (χ1n) is 7.69. The van der Waals surface area contributed by atoms with Crippen LogP contribution in [-0.2, 0) is 13.0 Å². The first-order chi connectivity index (χ1) is 10.2. The Morgan fingerprint density at radius 3 is 3.05 bits per heavy atom. The van der Waals surface area contributed by atoms with Gasteiger partial charge in [-0.1, -0.05) is 42.8 Å². The number of aryl methyl sites for hydroxylation is 2. The zero-order valence-corrected chi connectivity index (χ0v) is 13.1. The molecule has 0 bridgehead atoms. The maximum atomic E-state index is 10.9. The summed E-state index contributed by atoms with van der Waals surface area (Å²) in [6.45, 7) is 2.88. The van der Waals surface area contributed by atoms with Gasteiger partial charge in [0.2, 0.25) is 0 Å². The molecule has 0 amide bonds. The van der Waals surface area contributed by atoms with Gasteiger partial charge in [-0.2, -0.15) is 5.10 Å². The fourth-order valence-corrected chi connectivity index (χ4v) is 3.62. The van der Waals surface area contributed by atoms with Gasteiger partial charge >= 0.3 is 0 Å². The highest BCUT2D eigenvalue weighted by Gasteiger charge is 2.31. The van der Waals surface area contributed by atoms with E-state index in [9.17, 15) is 5.11 Å². The molecule has 0 radical (unpaired) electrons. The van der Waals surface area contributed by atoms with Gasteiger partial charge in [0.15, 0.2) is 0 Å². The van der Waals surface area contributed by atoms with Gasteiger partial charge in [0.1, 0.15) is 6.10 Å². The quantitative estimate of drug-likeness (QED) is 0.923. The van der Waals surface area contributed by atoms with Crippen molar-refractivity contribution in [3.8, 4) is 0 Å². The third-order valence-electron chi connectivity index (χ3n) is 4.35. The monoisotopic (exact) mass is 304 g/mol. The van der Waals surface area contributed by atoms with Gasteiger partial charge in [-0.05, 0) is 36.8 Å². The van der Waals surface area contributed by atoms with Crippen LogP contribution in [-0.4, -0.2) is 14.9 Å². The van der Waals surface area contributed by atoms with E-state index in [0.717, 1.165) is 37.9 Å². The van der Waals surface area contributed by atoms with Gasteiger partial charge in [0, 0.05) is 12.5 Å². The molecule has 2 aromatic rings. The summed E-state index contributed by atoms with van der Waals surface area (Å²) in [4.78, 5) is 0. The molecule has 2 atom stereocenters. The van der Waals surface area contributed by atoms with Gasteiger partial charge in [0.25, 0.3) is 0 Å². The van der Waals surface area contributed by atoms with E-state index >= 15 is 0 Å². The first kappa shape index (κ1) is 14.6. The van der Waals surface area contributed by atoms with Gasteiger partial charge in [-0.15, -0.1) is 0 Å². The molecule has 112 valence electrons. The number of aliphatic hydroxyl groups is 1. The van der Waals surface area contributed by atoms with Gasteiger partial charge in [-0.25, -0.2) is 0 Å². The summed E-state index contributed by atoms with van der Waals surface area (Å²) < 4.78 is 1.85. The van der Waals surface area contributed by atoms with E-state index in [2.05, 4.69) is 36.3 Å². The second-order valence-corrected chi connectivity index (χ2v) is 6.15. The van der Waals surface area contributed by atoms with Crippen LogP contribution in [0.15, 0.2) is 30.5 Å². The van der Waals surface area contributed by atoms with Crippen molar-refractivity contribution in [3.63, 3.8) is 0 Å². The number of benzene rings is 1. The Morgan fingerprint density at radius 2 is 2.24 bits per heavy atom. The highest BCUT2D eigenvalue weighted by atomic mass is 35.5. The minimum Gasteiger partial charge on any atom is -0.386 e. The lowest BCUT2D eigenvalue weighted by Crippen LogP contribution is -2.20.